The van der Waals surface area contributed by atoms with E-state index in [2.05, 4.69) is 18.2 Å². The highest BCUT2D eigenvalue weighted by atomic mass is 16.5. The number of aryl methyl sites for hydroxylation is 2. The molecular formula is C19H28NO3+. The number of likely N-dealkylation sites (tertiary alicyclic amines) is 1. The molecule has 1 aromatic rings. The lowest BCUT2D eigenvalue weighted by Crippen LogP contribution is -3.14. The Balaban J connectivity index is 1.44. The average molecular weight is 318 g/mol. The van der Waals surface area contributed by atoms with Crippen LogP contribution in [0.3, 0.4) is 0 Å². The van der Waals surface area contributed by atoms with E-state index in [9.17, 15) is 4.79 Å². The van der Waals surface area contributed by atoms with Gasteiger partial charge in [-0.1, -0.05) is 6.07 Å². The second-order valence-electron chi connectivity index (χ2n) is 6.68. The molecular weight excluding hydrogens is 290 g/mol. The molecule has 1 fully saturated rings. The predicted molar refractivity (Wildman–Crippen MR) is 88.9 cm³/mol. The number of fused-ring (bicyclic) bond motifs is 1. The molecule has 1 aliphatic heterocycles. The van der Waals surface area contributed by atoms with Gasteiger partial charge in [0.25, 0.3) is 0 Å². The first kappa shape index (κ1) is 16.3. The molecule has 0 bridgehead atoms. The van der Waals surface area contributed by atoms with E-state index in [1.165, 1.54) is 35.3 Å². The van der Waals surface area contributed by atoms with Crippen LogP contribution in [0.15, 0.2) is 18.2 Å². The summed E-state index contributed by atoms with van der Waals surface area (Å²) in [6.45, 7) is 6.02. The van der Waals surface area contributed by atoms with Gasteiger partial charge in [-0.3, -0.25) is 4.79 Å². The molecule has 0 saturated carbocycles. The van der Waals surface area contributed by atoms with Gasteiger partial charge in [-0.15, -0.1) is 0 Å². The first-order valence-corrected chi connectivity index (χ1v) is 9.01. The van der Waals surface area contributed by atoms with Crippen LogP contribution in [0.25, 0.3) is 0 Å². The number of piperidine rings is 1. The summed E-state index contributed by atoms with van der Waals surface area (Å²) in [5.41, 5.74) is 2.94. The number of carbonyl (C=O) groups excluding carboxylic acids is 1. The van der Waals surface area contributed by atoms with E-state index in [0.29, 0.717) is 13.2 Å². The molecule has 1 N–H and O–H groups in total. The first-order valence-electron chi connectivity index (χ1n) is 9.01. The minimum Gasteiger partial charge on any atom is -0.488 e. The van der Waals surface area contributed by atoms with E-state index < -0.39 is 0 Å². The Morgan fingerprint density at radius 3 is 3.00 bits per heavy atom. The number of esters is 1. The van der Waals surface area contributed by atoms with Gasteiger partial charge in [0.15, 0.2) is 0 Å². The minimum absolute atomic E-state index is 0.0239. The second kappa shape index (κ2) is 7.82. The molecule has 1 saturated heterocycles. The number of hydrogen-bond donors (Lipinski definition) is 1. The van der Waals surface area contributed by atoms with E-state index in [-0.39, 0.29) is 11.9 Å². The van der Waals surface area contributed by atoms with Gasteiger partial charge in [-0.25, -0.2) is 0 Å². The summed E-state index contributed by atoms with van der Waals surface area (Å²) < 4.78 is 11.1. The summed E-state index contributed by atoms with van der Waals surface area (Å²) in [6.07, 6.45) is 5.73. The Kier molecular flexibility index (Phi) is 5.55. The fourth-order valence-electron chi connectivity index (χ4n) is 3.79. The molecule has 1 unspecified atom stereocenters. The van der Waals surface area contributed by atoms with Crippen molar-refractivity contribution in [3.8, 4) is 5.75 Å². The third kappa shape index (κ3) is 4.25. The van der Waals surface area contributed by atoms with Gasteiger partial charge >= 0.3 is 5.97 Å². The lowest BCUT2D eigenvalue weighted by Gasteiger charge is -2.28. The Hall–Kier alpha value is -1.55. The van der Waals surface area contributed by atoms with Crippen LogP contribution in [-0.4, -0.2) is 38.8 Å². The minimum atomic E-state index is -0.0239. The number of benzene rings is 1. The first-order chi connectivity index (χ1) is 11.3. The van der Waals surface area contributed by atoms with Crippen LogP contribution in [-0.2, 0) is 22.4 Å². The molecule has 1 aliphatic carbocycles. The summed E-state index contributed by atoms with van der Waals surface area (Å²) in [4.78, 5) is 13.3. The average Bonchev–Trinajstić information content (AvgIpc) is 3.03. The van der Waals surface area contributed by atoms with Crippen molar-refractivity contribution in [2.45, 2.75) is 39.0 Å². The highest BCUT2D eigenvalue weighted by Gasteiger charge is 2.29. The quantitative estimate of drug-likeness (QED) is 0.806. The molecule has 23 heavy (non-hydrogen) atoms. The van der Waals surface area contributed by atoms with Crippen LogP contribution < -0.4 is 9.64 Å². The summed E-state index contributed by atoms with van der Waals surface area (Å²) in [6, 6.07) is 6.51. The van der Waals surface area contributed by atoms with Crippen LogP contribution in [0.2, 0.25) is 0 Å². The number of carbonyl (C=O) groups is 1. The van der Waals surface area contributed by atoms with Crippen LogP contribution in [0, 0.1) is 5.92 Å². The van der Waals surface area contributed by atoms with E-state index in [0.717, 1.165) is 38.2 Å². The number of quaternary nitrogens is 1. The Labute approximate surface area is 138 Å². The van der Waals surface area contributed by atoms with Crippen LogP contribution >= 0.6 is 0 Å². The van der Waals surface area contributed by atoms with Crippen molar-refractivity contribution in [1.29, 1.82) is 0 Å². The van der Waals surface area contributed by atoms with Gasteiger partial charge in [0.1, 0.15) is 24.8 Å². The van der Waals surface area contributed by atoms with Gasteiger partial charge in [0.2, 0.25) is 0 Å². The molecule has 0 aromatic heterocycles. The van der Waals surface area contributed by atoms with Crippen molar-refractivity contribution >= 4 is 5.97 Å². The third-order valence-corrected chi connectivity index (χ3v) is 5.03. The monoisotopic (exact) mass is 318 g/mol. The predicted octanol–water partition coefficient (Wildman–Crippen LogP) is 1.41. The van der Waals surface area contributed by atoms with Gasteiger partial charge in [-0.2, -0.15) is 0 Å². The maximum absolute atomic E-state index is 11.9. The number of hydrogen-bond acceptors (Lipinski definition) is 3. The van der Waals surface area contributed by atoms with Gasteiger partial charge in [0, 0.05) is 0 Å². The number of nitrogens with one attached hydrogen (secondary N) is 1. The van der Waals surface area contributed by atoms with E-state index in [4.69, 9.17) is 9.47 Å². The summed E-state index contributed by atoms with van der Waals surface area (Å²) >= 11 is 0. The zero-order valence-electron chi connectivity index (χ0n) is 14.1. The van der Waals surface area contributed by atoms with Gasteiger partial charge in [0.05, 0.1) is 19.7 Å². The van der Waals surface area contributed by atoms with Crippen molar-refractivity contribution < 1.29 is 19.2 Å². The lowest BCUT2D eigenvalue weighted by atomic mass is 9.98. The summed E-state index contributed by atoms with van der Waals surface area (Å²) in [7, 11) is 0. The Morgan fingerprint density at radius 1 is 1.26 bits per heavy atom. The molecule has 1 heterocycles. The summed E-state index contributed by atoms with van der Waals surface area (Å²) in [5.74, 6) is 1.03. The van der Waals surface area contributed by atoms with Crippen molar-refractivity contribution in [3.05, 3.63) is 29.3 Å². The fraction of sp³-hybridized carbons (Fsp3) is 0.632. The highest BCUT2D eigenvalue weighted by Crippen LogP contribution is 2.25. The van der Waals surface area contributed by atoms with E-state index in [1.807, 2.05) is 6.92 Å². The maximum Gasteiger partial charge on any atom is 0.314 e. The van der Waals surface area contributed by atoms with Crippen molar-refractivity contribution in [3.63, 3.8) is 0 Å². The summed E-state index contributed by atoms with van der Waals surface area (Å²) in [5, 5.41) is 0. The molecule has 126 valence electrons. The smallest absolute Gasteiger partial charge is 0.314 e. The van der Waals surface area contributed by atoms with E-state index in [1.54, 1.807) is 0 Å². The molecule has 0 amide bonds. The second-order valence-corrected chi connectivity index (χ2v) is 6.68. The van der Waals surface area contributed by atoms with Crippen molar-refractivity contribution in [2.24, 2.45) is 5.92 Å². The normalized spacial score (nSPS) is 23.3. The highest BCUT2D eigenvalue weighted by molar-refractivity contribution is 5.72. The molecule has 4 nitrogen and oxygen atoms in total. The van der Waals surface area contributed by atoms with Gasteiger partial charge in [-0.05, 0) is 62.3 Å². The number of rotatable bonds is 6. The SMILES string of the molecule is CCOC(=O)[C@H]1CCC[NH+](CCOc2ccc3c(c2)CCC3)C1. The molecule has 2 aliphatic rings. The standard InChI is InChI=1S/C19H27NO3/c1-2-22-19(21)17-7-4-10-20(14-17)11-12-23-18-9-8-15-5-3-6-16(15)13-18/h8-9,13,17H,2-7,10-12,14H2,1H3/p+1/t17-/m0/s1. The molecule has 4 heteroatoms. The largest absolute Gasteiger partial charge is 0.488 e. The molecule has 3 rings (SSSR count). The fourth-order valence-corrected chi connectivity index (χ4v) is 3.79. The zero-order valence-corrected chi connectivity index (χ0v) is 14.1. The van der Waals surface area contributed by atoms with E-state index >= 15 is 0 Å². The van der Waals surface area contributed by atoms with Crippen molar-refractivity contribution in [1.82, 2.24) is 0 Å². The molecule has 0 radical (unpaired) electrons. The molecule has 1 aromatic carbocycles. The Morgan fingerprint density at radius 2 is 2.13 bits per heavy atom. The molecule has 2 atom stereocenters. The maximum atomic E-state index is 11.9. The van der Waals surface area contributed by atoms with Crippen LogP contribution in [0.4, 0.5) is 0 Å². The zero-order chi connectivity index (χ0) is 16.1. The van der Waals surface area contributed by atoms with Crippen molar-refractivity contribution in [2.75, 3.05) is 32.8 Å². The van der Waals surface area contributed by atoms with Gasteiger partial charge < -0.3 is 14.4 Å². The Bertz CT molecular complexity index is 543. The van der Waals surface area contributed by atoms with Crippen LogP contribution in [0.5, 0.6) is 5.75 Å². The third-order valence-electron chi connectivity index (χ3n) is 5.03. The number of ether oxygens (including phenoxy) is 2. The lowest BCUT2D eigenvalue weighted by molar-refractivity contribution is -0.907. The van der Waals surface area contributed by atoms with Crippen LogP contribution in [0.1, 0.15) is 37.3 Å². The molecule has 0 spiro atoms. The topological polar surface area (TPSA) is 40.0 Å².